The quantitative estimate of drug-likeness (QED) is 0.525. The van der Waals surface area contributed by atoms with Crippen molar-refractivity contribution >= 4 is 18.0 Å². The molecule has 2 rings (SSSR count). The molecule has 28 heavy (non-hydrogen) atoms. The average Bonchev–Trinajstić information content (AvgIpc) is 2.69. The maximum Gasteiger partial charge on any atom is 0.331 e. The predicted molar refractivity (Wildman–Crippen MR) is 106 cm³/mol. The van der Waals surface area contributed by atoms with Crippen LogP contribution in [0.3, 0.4) is 0 Å². The standard InChI is InChI=1S/C21H29NO6/c1-25-17-13-16(14-18(26-2)21(17)27-3)9-10-20(24)28-15-19(23)22-11-7-5-4-6-8-12-22/h9-10,13-14H,4-8,11-12,15H2,1-3H3/b10-9+. The van der Waals surface area contributed by atoms with Crippen molar-refractivity contribution < 1.29 is 28.5 Å². The van der Waals surface area contributed by atoms with E-state index in [1.165, 1.54) is 33.8 Å². The van der Waals surface area contributed by atoms with Crippen LogP contribution in [0.5, 0.6) is 17.2 Å². The summed E-state index contributed by atoms with van der Waals surface area (Å²) in [5.41, 5.74) is 0.682. The molecule has 0 spiro atoms. The number of carbonyl (C=O) groups is 2. The minimum atomic E-state index is -0.575. The monoisotopic (exact) mass is 391 g/mol. The van der Waals surface area contributed by atoms with Crippen molar-refractivity contribution in [2.75, 3.05) is 41.0 Å². The summed E-state index contributed by atoms with van der Waals surface area (Å²) in [4.78, 5) is 26.0. The zero-order valence-electron chi connectivity index (χ0n) is 16.9. The van der Waals surface area contributed by atoms with Crippen molar-refractivity contribution in [3.63, 3.8) is 0 Å². The van der Waals surface area contributed by atoms with Crippen molar-refractivity contribution in [3.8, 4) is 17.2 Å². The molecule has 1 amide bonds. The van der Waals surface area contributed by atoms with Crippen LogP contribution in [0.4, 0.5) is 0 Å². The molecule has 1 aliphatic heterocycles. The highest BCUT2D eigenvalue weighted by Gasteiger charge is 2.16. The van der Waals surface area contributed by atoms with E-state index in [4.69, 9.17) is 18.9 Å². The largest absolute Gasteiger partial charge is 0.493 e. The fourth-order valence-corrected chi connectivity index (χ4v) is 3.13. The molecular formula is C21H29NO6. The molecule has 0 unspecified atom stereocenters. The fourth-order valence-electron chi connectivity index (χ4n) is 3.13. The number of amides is 1. The van der Waals surface area contributed by atoms with E-state index in [0.29, 0.717) is 22.8 Å². The van der Waals surface area contributed by atoms with Gasteiger partial charge in [0.05, 0.1) is 21.3 Å². The summed E-state index contributed by atoms with van der Waals surface area (Å²) in [7, 11) is 4.57. The molecule has 0 N–H and O–H groups in total. The van der Waals surface area contributed by atoms with Gasteiger partial charge < -0.3 is 23.8 Å². The van der Waals surface area contributed by atoms with Gasteiger partial charge in [0.15, 0.2) is 18.1 Å². The Bertz CT molecular complexity index is 667. The SMILES string of the molecule is COc1cc(/C=C/C(=O)OCC(=O)N2CCCCCCC2)cc(OC)c1OC. The van der Waals surface area contributed by atoms with Crippen molar-refractivity contribution in [1.29, 1.82) is 0 Å². The van der Waals surface area contributed by atoms with E-state index >= 15 is 0 Å². The number of methoxy groups -OCH3 is 3. The molecule has 1 aromatic rings. The molecule has 0 aromatic heterocycles. The second-order valence-electron chi connectivity index (χ2n) is 6.55. The lowest BCUT2D eigenvalue weighted by molar-refractivity contribution is -0.148. The first-order valence-electron chi connectivity index (χ1n) is 9.51. The summed E-state index contributed by atoms with van der Waals surface area (Å²) in [5, 5.41) is 0. The molecule has 1 aromatic carbocycles. The molecule has 7 nitrogen and oxygen atoms in total. The maximum atomic E-state index is 12.3. The zero-order chi connectivity index (χ0) is 20.4. The van der Waals surface area contributed by atoms with Gasteiger partial charge in [-0.1, -0.05) is 19.3 Å². The van der Waals surface area contributed by atoms with Gasteiger partial charge in [-0.05, 0) is 36.6 Å². The second-order valence-corrected chi connectivity index (χ2v) is 6.55. The first-order valence-corrected chi connectivity index (χ1v) is 9.51. The highest BCUT2D eigenvalue weighted by Crippen LogP contribution is 2.38. The third-order valence-corrected chi connectivity index (χ3v) is 4.65. The molecule has 0 aliphatic carbocycles. The number of carbonyl (C=O) groups excluding carboxylic acids is 2. The van der Waals surface area contributed by atoms with Gasteiger partial charge in [0.1, 0.15) is 0 Å². The van der Waals surface area contributed by atoms with E-state index in [9.17, 15) is 9.59 Å². The molecule has 154 valence electrons. The summed E-state index contributed by atoms with van der Waals surface area (Å²) < 4.78 is 20.9. The first-order chi connectivity index (χ1) is 13.6. The normalized spacial score (nSPS) is 14.9. The molecule has 7 heteroatoms. The number of nitrogens with zero attached hydrogens (tertiary/aromatic N) is 1. The second kappa shape index (κ2) is 11.2. The van der Waals surface area contributed by atoms with Crippen molar-refractivity contribution in [1.82, 2.24) is 4.90 Å². The van der Waals surface area contributed by atoms with Gasteiger partial charge in [-0.3, -0.25) is 4.79 Å². The minimum Gasteiger partial charge on any atom is -0.493 e. The van der Waals surface area contributed by atoms with E-state index in [1.807, 2.05) is 0 Å². The zero-order valence-corrected chi connectivity index (χ0v) is 16.9. The molecule has 0 bridgehead atoms. The Balaban J connectivity index is 1.93. The van der Waals surface area contributed by atoms with Crippen LogP contribution < -0.4 is 14.2 Å². The number of esters is 1. The van der Waals surface area contributed by atoms with Crippen LogP contribution in [-0.4, -0.2) is 57.8 Å². The smallest absolute Gasteiger partial charge is 0.331 e. The summed E-state index contributed by atoms with van der Waals surface area (Å²) in [6, 6.07) is 3.44. The van der Waals surface area contributed by atoms with Crippen LogP contribution in [0, 0.1) is 0 Å². The predicted octanol–water partition coefficient (Wildman–Crippen LogP) is 3.06. The van der Waals surface area contributed by atoms with E-state index < -0.39 is 5.97 Å². The van der Waals surface area contributed by atoms with Crippen LogP contribution in [0.15, 0.2) is 18.2 Å². The van der Waals surface area contributed by atoms with Crippen molar-refractivity contribution in [2.45, 2.75) is 32.1 Å². The van der Waals surface area contributed by atoms with Crippen LogP contribution in [0.1, 0.15) is 37.7 Å². The Morgan fingerprint density at radius 3 is 2.04 bits per heavy atom. The number of benzene rings is 1. The average molecular weight is 391 g/mol. The van der Waals surface area contributed by atoms with Gasteiger partial charge in [0.2, 0.25) is 5.75 Å². The lowest BCUT2D eigenvalue weighted by Crippen LogP contribution is -2.36. The van der Waals surface area contributed by atoms with Crippen LogP contribution >= 0.6 is 0 Å². The van der Waals surface area contributed by atoms with Crippen LogP contribution in [0.2, 0.25) is 0 Å². The summed E-state index contributed by atoms with van der Waals surface area (Å²) >= 11 is 0. The lowest BCUT2D eigenvalue weighted by atomic mass is 10.1. The Morgan fingerprint density at radius 2 is 1.50 bits per heavy atom. The molecule has 0 saturated carbocycles. The van der Waals surface area contributed by atoms with Gasteiger partial charge in [-0.2, -0.15) is 0 Å². The summed E-state index contributed by atoms with van der Waals surface area (Å²) in [6.07, 6.45) is 8.36. The van der Waals surface area contributed by atoms with Crippen LogP contribution in [0.25, 0.3) is 6.08 Å². The first kappa shape index (κ1) is 21.6. The van der Waals surface area contributed by atoms with Gasteiger partial charge in [0.25, 0.3) is 5.91 Å². The summed E-state index contributed by atoms with van der Waals surface area (Å²) in [6.45, 7) is 1.23. The summed E-state index contributed by atoms with van der Waals surface area (Å²) in [5.74, 6) is 0.735. The van der Waals surface area contributed by atoms with E-state index in [-0.39, 0.29) is 12.5 Å². The third-order valence-electron chi connectivity index (χ3n) is 4.65. The van der Waals surface area contributed by atoms with Gasteiger partial charge >= 0.3 is 5.97 Å². The number of likely N-dealkylation sites (tertiary alicyclic amines) is 1. The Labute approximate surface area is 166 Å². The number of rotatable bonds is 7. The number of hydrogen-bond acceptors (Lipinski definition) is 6. The topological polar surface area (TPSA) is 74.3 Å². The maximum absolute atomic E-state index is 12.3. The third kappa shape index (κ3) is 6.18. The highest BCUT2D eigenvalue weighted by molar-refractivity contribution is 5.89. The fraction of sp³-hybridized carbons (Fsp3) is 0.524. The molecule has 0 atom stereocenters. The van der Waals surface area contributed by atoms with Crippen molar-refractivity contribution in [2.24, 2.45) is 0 Å². The Hall–Kier alpha value is -2.70. The Kier molecular flexibility index (Phi) is 8.65. The molecule has 1 fully saturated rings. The van der Waals surface area contributed by atoms with E-state index in [0.717, 1.165) is 38.8 Å². The van der Waals surface area contributed by atoms with Gasteiger partial charge in [-0.15, -0.1) is 0 Å². The molecular weight excluding hydrogens is 362 g/mol. The highest BCUT2D eigenvalue weighted by atomic mass is 16.5. The lowest BCUT2D eigenvalue weighted by Gasteiger charge is -2.24. The minimum absolute atomic E-state index is 0.142. The molecule has 0 radical (unpaired) electrons. The van der Waals surface area contributed by atoms with E-state index in [1.54, 1.807) is 23.1 Å². The molecule has 1 saturated heterocycles. The molecule has 1 heterocycles. The van der Waals surface area contributed by atoms with E-state index in [2.05, 4.69) is 0 Å². The number of hydrogen-bond donors (Lipinski definition) is 0. The van der Waals surface area contributed by atoms with Crippen molar-refractivity contribution in [3.05, 3.63) is 23.8 Å². The molecule has 1 aliphatic rings. The van der Waals surface area contributed by atoms with Gasteiger partial charge in [-0.25, -0.2) is 4.79 Å². The van der Waals surface area contributed by atoms with Crippen LogP contribution in [-0.2, 0) is 14.3 Å². The van der Waals surface area contributed by atoms with Gasteiger partial charge in [0, 0.05) is 19.2 Å². The Morgan fingerprint density at radius 1 is 0.929 bits per heavy atom. The number of ether oxygens (including phenoxy) is 4.